The van der Waals surface area contributed by atoms with Gasteiger partial charge in [-0.3, -0.25) is 14.5 Å². The van der Waals surface area contributed by atoms with E-state index in [1.165, 1.54) is 4.90 Å². The van der Waals surface area contributed by atoms with E-state index in [-0.39, 0.29) is 11.3 Å². The van der Waals surface area contributed by atoms with Crippen LogP contribution in [0.4, 0.5) is 5.69 Å². The highest BCUT2D eigenvalue weighted by Gasteiger charge is 2.47. The second kappa shape index (κ2) is 8.58. The van der Waals surface area contributed by atoms with Crippen molar-refractivity contribution < 1.29 is 14.7 Å². The van der Waals surface area contributed by atoms with Crippen LogP contribution in [-0.4, -0.2) is 21.4 Å². The molecule has 1 N–H and O–H groups in total. The van der Waals surface area contributed by atoms with E-state index in [9.17, 15) is 14.7 Å². The van der Waals surface area contributed by atoms with Gasteiger partial charge in [0, 0.05) is 41.0 Å². The predicted molar refractivity (Wildman–Crippen MR) is 139 cm³/mol. The molecule has 0 radical (unpaired) electrons. The highest BCUT2D eigenvalue weighted by atomic mass is 16.3. The molecule has 0 bridgehead atoms. The third-order valence-electron chi connectivity index (χ3n) is 7.07. The van der Waals surface area contributed by atoms with Gasteiger partial charge in [0.1, 0.15) is 5.76 Å². The van der Waals surface area contributed by atoms with Crippen LogP contribution in [0, 0.1) is 13.8 Å². The van der Waals surface area contributed by atoms with Crippen LogP contribution in [0.3, 0.4) is 0 Å². The fraction of sp³-hybridized carbons (Fsp3) is 0.200. The van der Waals surface area contributed by atoms with Gasteiger partial charge in [-0.1, -0.05) is 55.5 Å². The maximum Gasteiger partial charge on any atom is 0.300 e. The number of fused-ring (bicyclic) bond motifs is 1. The molecule has 4 aromatic rings. The number of aromatic nitrogens is 1. The van der Waals surface area contributed by atoms with Gasteiger partial charge < -0.3 is 9.67 Å². The van der Waals surface area contributed by atoms with Crippen molar-refractivity contribution >= 4 is 34.0 Å². The Morgan fingerprint density at radius 1 is 0.943 bits per heavy atom. The first-order chi connectivity index (χ1) is 16.8. The summed E-state index contributed by atoms with van der Waals surface area (Å²) in [4.78, 5) is 28.5. The molecule has 176 valence electrons. The summed E-state index contributed by atoms with van der Waals surface area (Å²) < 4.78 is 1.99. The van der Waals surface area contributed by atoms with Gasteiger partial charge in [0.2, 0.25) is 0 Å². The Bertz CT molecular complexity index is 1510. The van der Waals surface area contributed by atoms with Crippen molar-refractivity contribution in [1.82, 2.24) is 4.57 Å². The monoisotopic (exact) mass is 464 g/mol. The Morgan fingerprint density at radius 2 is 1.66 bits per heavy atom. The average molecular weight is 465 g/mol. The Kier molecular flexibility index (Phi) is 5.56. The number of carbonyl (C=O) groups is 2. The standard InChI is InChI=1S/C30H28N2O3/c1-5-20-11-13-21(14-12-20)28(33)26-27(24-17-31(4)25-9-7-6-8-23(24)25)32(30(35)29(26)34)22-15-10-18(2)19(3)16-22/h6-17,27,33H,5H2,1-4H3/b28-26+. The summed E-state index contributed by atoms with van der Waals surface area (Å²) in [6.07, 6.45) is 2.82. The minimum atomic E-state index is -0.756. The molecule has 1 aromatic heterocycles. The number of hydrogen-bond donors (Lipinski definition) is 1. The number of rotatable bonds is 4. The molecule has 1 aliphatic heterocycles. The number of aliphatic hydroxyl groups is 1. The Balaban J connectivity index is 1.79. The Labute approximate surface area is 204 Å². The third-order valence-corrected chi connectivity index (χ3v) is 7.07. The molecule has 1 saturated heterocycles. The summed E-state index contributed by atoms with van der Waals surface area (Å²) in [6.45, 7) is 6.05. The van der Waals surface area contributed by atoms with Crippen LogP contribution in [0.15, 0.2) is 78.5 Å². The number of amides is 1. The molecular weight excluding hydrogens is 436 g/mol. The van der Waals surface area contributed by atoms with Gasteiger partial charge in [0.15, 0.2) is 0 Å². The van der Waals surface area contributed by atoms with Crippen molar-refractivity contribution in [2.45, 2.75) is 33.2 Å². The molecule has 2 heterocycles. The lowest BCUT2D eigenvalue weighted by atomic mass is 9.94. The van der Waals surface area contributed by atoms with Gasteiger partial charge in [-0.25, -0.2) is 0 Å². The largest absolute Gasteiger partial charge is 0.507 e. The van der Waals surface area contributed by atoms with Gasteiger partial charge in [-0.2, -0.15) is 0 Å². The molecule has 0 aliphatic carbocycles. The maximum atomic E-state index is 13.5. The van der Waals surface area contributed by atoms with Gasteiger partial charge in [0.05, 0.1) is 11.6 Å². The number of aliphatic hydroxyl groups excluding tert-OH is 1. The lowest BCUT2D eigenvalue weighted by Gasteiger charge is -2.25. The van der Waals surface area contributed by atoms with Crippen molar-refractivity contribution in [2.75, 3.05) is 4.90 Å². The van der Waals surface area contributed by atoms with Crippen molar-refractivity contribution in [3.63, 3.8) is 0 Å². The van der Waals surface area contributed by atoms with E-state index < -0.39 is 17.7 Å². The lowest BCUT2D eigenvalue weighted by molar-refractivity contribution is -0.132. The number of anilines is 1. The SMILES string of the molecule is CCc1ccc(/C(O)=C2\C(=O)C(=O)N(c3ccc(C)c(C)c3)C2c2cn(C)c3ccccc23)cc1. The number of nitrogens with zero attached hydrogens (tertiary/aromatic N) is 2. The number of ketones is 1. The summed E-state index contributed by atoms with van der Waals surface area (Å²) >= 11 is 0. The van der Waals surface area contributed by atoms with E-state index in [1.807, 2.05) is 86.3 Å². The van der Waals surface area contributed by atoms with E-state index in [1.54, 1.807) is 12.1 Å². The smallest absolute Gasteiger partial charge is 0.300 e. The zero-order valence-corrected chi connectivity index (χ0v) is 20.4. The van der Waals surface area contributed by atoms with E-state index in [0.29, 0.717) is 11.3 Å². The zero-order chi connectivity index (χ0) is 24.9. The molecule has 1 fully saturated rings. The minimum Gasteiger partial charge on any atom is -0.507 e. The first-order valence-corrected chi connectivity index (χ1v) is 11.8. The summed E-state index contributed by atoms with van der Waals surface area (Å²) in [6, 6.07) is 20.3. The summed E-state index contributed by atoms with van der Waals surface area (Å²) in [5, 5.41) is 12.4. The van der Waals surface area contributed by atoms with Crippen LogP contribution in [0.25, 0.3) is 16.7 Å². The molecule has 35 heavy (non-hydrogen) atoms. The molecule has 1 atom stereocenters. The molecule has 5 rings (SSSR count). The summed E-state index contributed by atoms with van der Waals surface area (Å²) in [7, 11) is 1.94. The third kappa shape index (κ3) is 3.64. The molecule has 1 unspecified atom stereocenters. The number of aryl methyl sites for hydroxylation is 4. The molecule has 1 amide bonds. The highest BCUT2D eigenvalue weighted by molar-refractivity contribution is 6.51. The van der Waals surface area contributed by atoms with E-state index in [4.69, 9.17) is 0 Å². The molecule has 5 heteroatoms. The number of carbonyl (C=O) groups excluding carboxylic acids is 2. The number of hydrogen-bond acceptors (Lipinski definition) is 3. The average Bonchev–Trinajstić information content (AvgIpc) is 3.34. The molecule has 0 spiro atoms. The lowest BCUT2D eigenvalue weighted by Crippen LogP contribution is -2.29. The van der Waals surface area contributed by atoms with Crippen molar-refractivity contribution in [3.8, 4) is 0 Å². The van der Waals surface area contributed by atoms with Crippen LogP contribution >= 0.6 is 0 Å². The number of Topliss-reactive ketones (excluding diaryl/α,β-unsaturated/α-hetero) is 1. The van der Waals surface area contributed by atoms with Crippen LogP contribution in [-0.2, 0) is 23.1 Å². The van der Waals surface area contributed by atoms with Crippen molar-refractivity contribution in [3.05, 3.63) is 106 Å². The van der Waals surface area contributed by atoms with E-state index in [0.717, 1.165) is 39.6 Å². The fourth-order valence-electron chi connectivity index (χ4n) is 4.91. The van der Waals surface area contributed by atoms with E-state index in [2.05, 4.69) is 6.92 Å². The van der Waals surface area contributed by atoms with Crippen LogP contribution in [0.5, 0.6) is 0 Å². The van der Waals surface area contributed by atoms with E-state index >= 15 is 0 Å². The normalized spacial score (nSPS) is 17.5. The molecular formula is C30H28N2O3. The zero-order valence-electron chi connectivity index (χ0n) is 20.4. The first-order valence-electron chi connectivity index (χ1n) is 11.8. The quantitative estimate of drug-likeness (QED) is 0.229. The molecule has 3 aromatic carbocycles. The van der Waals surface area contributed by atoms with Crippen LogP contribution < -0.4 is 4.90 Å². The number of benzene rings is 3. The van der Waals surface area contributed by atoms with Gasteiger partial charge >= 0.3 is 0 Å². The van der Waals surface area contributed by atoms with Crippen molar-refractivity contribution in [2.24, 2.45) is 7.05 Å². The van der Waals surface area contributed by atoms with Crippen molar-refractivity contribution in [1.29, 1.82) is 0 Å². The number of para-hydroxylation sites is 1. The topological polar surface area (TPSA) is 62.5 Å². The second-order valence-electron chi connectivity index (χ2n) is 9.20. The Hall–Kier alpha value is -4.12. The highest BCUT2D eigenvalue weighted by Crippen LogP contribution is 2.44. The minimum absolute atomic E-state index is 0.105. The van der Waals surface area contributed by atoms with Gasteiger partial charge in [0.25, 0.3) is 11.7 Å². The Morgan fingerprint density at radius 3 is 2.34 bits per heavy atom. The molecule has 5 nitrogen and oxygen atoms in total. The fourth-order valence-corrected chi connectivity index (χ4v) is 4.91. The summed E-state index contributed by atoms with van der Waals surface area (Å²) in [5.41, 5.74) is 6.29. The van der Waals surface area contributed by atoms with Crippen LogP contribution in [0.2, 0.25) is 0 Å². The summed E-state index contributed by atoms with van der Waals surface area (Å²) in [5.74, 6) is -1.48. The first kappa shape index (κ1) is 22.7. The molecule has 1 aliphatic rings. The molecule has 0 saturated carbocycles. The van der Waals surface area contributed by atoms with Crippen LogP contribution in [0.1, 0.15) is 40.8 Å². The van der Waals surface area contributed by atoms with Gasteiger partial charge in [-0.05, 0) is 55.2 Å². The van der Waals surface area contributed by atoms with Gasteiger partial charge in [-0.15, -0.1) is 0 Å². The second-order valence-corrected chi connectivity index (χ2v) is 9.20. The predicted octanol–water partition coefficient (Wildman–Crippen LogP) is 5.98. The maximum absolute atomic E-state index is 13.5.